The molecular weight excluding hydrogens is 316 g/mol. The van der Waals surface area contributed by atoms with Crippen LogP contribution in [0, 0.1) is 0 Å². The Kier molecular flexibility index (Phi) is 5.29. The Labute approximate surface area is 119 Å². The molecule has 0 spiro atoms. The zero-order chi connectivity index (χ0) is 15.5. The van der Waals surface area contributed by atoms with Crippen molar-refractivity contribution in [2.24, 2.45) is 0 Å². The first-order valence-electron chi connectivity index (χ1n) is 5.38. The molecule has 1 amide bonds. The van der Waals surface area contributed by atoms with Gasteiger partial charge >= 0.3 is 6.43 Å². The summed E-state index contributed by atoms with van der Waals surface area (Å²) in [5.74, 6) is -1.42. The second-order valence-corrected chi connectivity index (χ2v) is 6.41. The van der Waals surface area contributed by atoms with Crippen LogP contribution in [0.15, 0.2) is 23.1 Å². The van der Waals surface area contributed by atoms with E-state index in [1.807, 2.05) is 5.32 Å². The fourth-order valence-corrected chi connectivity index (χ4v) is 2.54. The van der Waals surface area contributed by atoms with Gasteiger partial charge in [0.2, 0.25) is 0 Å². The van der Waals surface area contributed by atoms with Crippen molar-refractivity contribution >= 4 is 25.6 Å². The third-order valence-electron chi connectivity index (χ3n) is 2.51. The van der Waals surface area contributed by atoms with Gasteiger partial charge < -0.3 is 10.1 Å². The molecule has 0 heterocycles. The maximum absolute atomic E-state index is 12.1. The molecular formula is C11H12ClF2NO4S. The zero-order valence-corrected chi connectivity index (χ0v) is 12.1. The molecule has 0 saturated heterocycles. The lowest BCUT2D eigenvalue weighted by Gasteiger charge is -2.15. The highest BCUT2D eigenvalue weighted by Gasteiger charge is 2.22. The van der Waals surface area contributed by atoms with Crippen LogP contribution < -0.4 is 10.1 Å². The van der Waals surface area contributed by atoms with Crippen molar-refractivity contribution in [1.82, 2.24) is 5.32 Å². The van der Waals surface area contributed by atoms with Gasteiger partial charge in [0.15, 0.2) is 0 Å². The Morgan fingerprint density at radius 3 is 2.45 bits per heavy atom. The summed E-state index contributed by atoms with van der Waals surface area (Å²) in [5, 5.41) is 2.04. The summed E-state index contributed by atoms with van der Waals surface area (Å²) in [5.41, 5.74) is 0.305. The molecule has 1 aromatic rings. The molecule has 0 aliphatic heterocycles. The van der Waals surface area contributed by atoms with Gasteiger partial charge in [0.05, 0.1) is 13.2 Å². The van der Waals surface area contributed by atoms with Crippen LogP contribution in [0.1, 0.15) is 18.5 Å². The van der Waals surface area contributed by atoms with E-state index in [1.54, 1.807) is 0 Å². The lowest BCUT2D eigenvalue weighted by molar-refractivity contribution is -0.132. The molecule has 1 rings (SSSR count). The molecule has 9 heteroatoms. The molecule has 20 heavy (non-hydrogen) atoms. The second-order valence-electron chi connectivity index (χ2n) is 3.88. The number of methoxy groups -OCH3 is 1. The minimum Gasteiger partial charge on any atom is -0.495 e. The number of hydrogen-bond donors (Lipinski definition) is 1. The molecule has 1 aromatic carbocycles. The van der Waals surface area contributed by atoms with E-state index in [9.17, 15) is 22.0 Å². The van der Waals surface area contributed by atoms with Crippen molar-refractivity contribution in [3.63, 3.8) is 0 Å². The number of nitrogens with one attached hydrogen (secondary N) is 1. The molecule has 0 aromatic heterocycles. The molecule has 0 saturated carbocycles. The summed E-state index contributed by atoms with van der Waals surface area (Å²) in [6, 6.07) is 3.13. The molecule has 112 valence electrons. The number of rotatable bonds is 5. The SMILES string of the molecule is COc1ccc(C(C)NC(=O)C(F)F)cc1S(=O)(=O)Cl. The van der Waals surface area contributed by atoms with E-state index >= 15 is 0 Å². The topological polar surface area (TPSA) is 72.5 Å². The van der Waals surface area contributed by atoms with Crippen molar-refractivity contribution in [1.29, 1.82) is 0 Å². The third kappa shape index (κ3) is 4.04. The molecule has 1 N–H and O–H groups in total. The van der Waals surface area contributed by atoms with Crippen LogP contribution in [0.2, 0.25) is 0 Å². The zero-order valence-electron chi connectivity index (χ0n) is 10.6. The minimum absolute atomic E-state index is 0.0242. The molecule has 0 radical (unpaired) electrons. The Hall–Kier alpha value is -1.41. The number of benzene rings is 1. The van der Waals surface area contributed by atoms with Crippen LogP contribution in [0.4, 0.5) is 8.78 Å². The third-order valence-corrected chi connectivity index (χ3v) is 3.85. The van der Waals surface area contributed by atoms with Crippen LogP contribution in [-0.2, 0) is 13.8 Å². The number of ether oxygens (including phenoxy) is 1. The predicted molar refractivity (Wildman–Crippen MR) is 68.6 cm³/mol. The van der Waals surface area contributed by atoms with E-state index in [0.29, 0.717) is 5.56 Å². The molecule has 1 atom stereocenters. The average molecular weight is 328 g/mol. The molecule has 5 nitrogen and oxygen atoms in total. The van der Waals surface area contributed by atoms with E-state index in [1.165, 1.54) is 26.2 Å². The number of alkyl halides is 2. The van der Waals surface area contributed by atoms with Gasteiger partial charge in [-0.05, 0) is 24.6 Å². The lowest BCUT2D eigenvalue weighted by Crippen LogP contribution is -2.31. The normalized spacial score (nSPS) is 13.1. The molecule has 0 aliphatic rings. The number of hydrogen-bond acceptors (Lipinski definition) is 4. The maximum Gasteiger partial charge on any atom is 0.315 e. The highest BCUT2D eigenvalue weighted by atomic mass is 35.7. The Morgan fingerprint density at radius 2 is 2.00 bits per heavy atom. The summed E-state index contributed by atoms with van der Waals surface area (Å²) < 4.78 is 51.9. The van der Waals surface area contributed by atoms with Gasteiger partial charge in [-0.15, -0.1) is 0 Å². The fourth-order valence-electron chi connectivity index (χ4n) is 1.51. The van der Waals surface area contributed by atoms with Gasteiger partial charge in [0.1, 0.15) is 10.6 Å². The monoisotopic (exact) mass is 327 g/mol. The van der Waals surface area contributed by atoms with E-state index in [2.05, 4.69) is 0 Å². The van der Waals surface area contributed by atoms with Crippen molar-refractivity contribution in [3.8, 4) is 5.75 Å². The fraction of sp³-hybridized carbons (Fsp3) is 0.364. The standard InChI is InChI=1S/C11H12ClF2NO4S/c1-6(15-11(16)10(13)14)7-3-4-8(19-2)9(5-7)20(12,17)18/h3-6,10H,1-2H3,(H,15,16). The van der Waals surface area contributed by atoms with Crippen molar-refractivity contribution in [2.75, 3.05) is 7.11 Å². The maximum atomic E-state index is 12.1. The molecule has 0 aliphatic carbocycles. The summed E-state index contributed by atoms with van der Waals surface area (Å²) >= 11 is 0. The predicted octanol–water partition coefficient (Wildman–Crippen LogP) is 2.06. The van der Waals surface area contributed by atoms with Gasteiger partial charge in [-0.25, -0.2) is 8.42 Å². The largest absolute Gasteiger partial charge is 0.495 e. The summed E-state index contributed by atoms with van der Waals surface area (Å²) in [7, 11) is 2.47. The van der Waals surface area contributed by atoms with Gasteiger partial charge in [-0.1, -0.05) is 6.07 Å². The van der Waals surface area contributed by atoms with Crippen LogP contribution in [0.25, 0.3) is 0 Å². The number of amides is 1. The number of carbonyl (C=O) groups is 1. The number of carbonyl (C=O) groups excluding carboxylic acids is 1. The quantitative estimate of drug-likeness (QED) is 0.840. The minimum atomic E-state index is -4.06. The van der Waals surface area contributed by atoms with Crippen LogP contribution >= 0.6 is 10.7 Å². The van der Waals surface area contributed by atoms with E-state index in [0.717, 1.165) is 6.07 Å². The summed E-state index contributed by atoms with van der Waals surface area (Å²) in [6.45, 7) is 1.44. The van der Waals surface area contributed by atoms with E-state index < -0.39 is 27.4 Å². The molecule has 0 bridgehead atoms. The van der Waals surface area contributed by atoms with Crippen LogP contribution in [0.3, 0.4) is 0 Å². The Morgan fingerprint density at radius 1 is 1.40 bits per heavy atom. The lowest BCUT2D eigenvalue weighted by atomic mass is 10.1. The average Bonchev–Trinajstić information content (AvgIpc) is 2.36. The highest BCUT2D eigenvalue weighted by molar-refractivity contribution is 8.13. The van der Waals surface area contributed by atoms with Crippen molar-refractivity contribution < 1.29 is 26.7 Å². The Bertz CT molecular complexity index is 606. The molecule has 1 unspecified atom stereocenters. The van der Waals surface area contributed by atoms with Crippen LogP contribution in [0.5, 0.6) is 5.75 Å². The second kappa shape index (κ2) is 6.36. The number of halogens is 3. The first-order chi connectivity index (χ1) is 9.16. The van der Waals surface area contributed by atoms with E-state index in [4.69, 9.17) is 15.4 Å². The summed E-state index contributed by atoms with van der Waals surface area (Å²) in [6.07, 6.45) is -3.15. The Balaban J connectivity index is 3.12. The van der Waals surface area contributed by atoms with Gasteiger partial charge in [0, 0.05) is 10.7 Å². The van der Waals surface area contributed by atoms with Crippen LogP contribution in [-0.4, -0.2) is 27.9 Å². The van der Waals surface area contributed by atoms with Gasteiger partial charge in [-0.3, -0.25) is 4.79 Å². The van der Waals surface area contributed by atoms with Gasteiger partial charge in [-0.2, -0.15) is 8.78 Å². The van der Waals surface area contributed by atoms with Crippen molar-refractivity contribution in [3.05, 3.63) is 23.8 Å². The molecule has 0 fully saturated rings. The summed E-state index contributed by atoms with van der Waals surface area (Å²) in [4.78, 5) is 10.6. The first-order valence-corrected chi connectivity index (χ1v) is 7.69. The smallest absolute Gasteiger partial charge is 0.315 e. The highest BCUT2D eigenvalue weighted by Crippen LogP contribution is 2.29. The van der Waals surface area contributed by atoms with Gasteiger partial charge in [0.25, 0.3) is 15.0 Å². The van der Waals surface area contributed by atoms with Crippen molar-refractivity contribution in [2.45, 2.75) is 24.3 Å². The first kappa shape index (κ1) is 16.6. The van der Waals surface area contributed by atoms with E-state index in [-0.39, 0.29) is 10.6 Å².